The van der Waals surface area contributed by atoms with Crippen molar-refractivity contribution in [2.24, 2.45) is 0 Å². The SMILES string of the molecule is OC1CCCC1Nc1ccccc1OC(F)(F)F. The lowest BCUT2D eigenvalue weighted by molar-refractivity contribution is -0.274. The largest absolute Gasteiger partial charge is 0.573 e. The molecular weight excluding hydrogens is 247 g/mol. The van der Waals surface area contributed by atoms with Gasteiger partial charge in [0.15, 0.2) is 5.75 Å². The standard InChI is InChI=1S/C12H14F3NO2/c13-12(14,15)18-11-7-2-1-4-9(11)16-8-5-3-6-10(8)17/h1-2,4,7-8,10,16-17H,3,5-6H2. The van der Waals surface area contributed by atoms with Crippen LogP contribution in [0.2, 0.25) is 0 Å². The third-order valence-electron chi connectivity index (χ3n) is 2.93. The van der Waals surface area contributed by atoms with Crippen molar-refractivity contribution >= 4 is 5.69 Å². The van der Waals surface area contributed by atoms with Crippen LogP contribution in [0.5, 0.6) is 5.75 Å². The van der Waals surface area contributed by atoms with E-state index in [-0.39, 0.29) is 17.5 Å². The molecule has 0 aromatic heterocycles. The first-order chi connectivity index (χ1) is 8.46. The number of alkyl halides is 3. The fraction of sp³-hybridized carbons (Fsp3) is 0.500. The van der Waals surface area contributed by atoms with Crippen molar-refractivity contribution in [3.63, 3.8) is 0 Å². The van der Waals surface area contributed by atoms with Crippen LogP contribution >= 0.6 is 0 Å². The molecule has 2 rings (SSSR count). The van der Waals surface area contributed by atoms with Crippen molar-refractivity contribution in [2.45, 2.75) is 37.8 Å². The van der Waals surface area contributed by atoms with E-state index in [9.17, 15) is 18.3 Å². The first-order valence-electron chi connectivity index (χ1n) is 5.75. The number of aliphatic hydroxyl groups is 1. The van der Waals surface area contributed by atoms with E-state index in [2.05, 4.69) is 10.1 Å². The molecule has 1 saturated carbocycles. The van der Waals surface area contributed by atoms with Gasteiger partial charge in [-0.3, -0.25) is 0 Å². The van der Waals surface area contributed by atoms with Crippen LogP contribution in [-0.4, -0.2) is 23.6 Å². The van der Waals surface area contributed by atoms with Gasteiger partial charge in [-0.25, -0.2) is 0 Å². The van der Waals surface area contributed by atoms with Crippen molar-refractivity contribution in [1.29, 1.82) is 0 Å². The summed E-state index contributed by atoms with van der Waals surface area (Å²) in [5.74, 6) is -0.274. The van der Waals surface area contributed by atoms with Crippen molar-refractivity contribution < 1.29 is 23.0 Å². The molecule has 0 spiro atoms. The highest BCUT2D eigenvalue weighted by Gasteiger charge is 2.33. The average Bonchev–Trinajstić information content (AvgIpc) is 2.65. The van der Waals surface area contributed by atoms with E-state index < -0.39 is 12.5 Å². The molecule has 1 aliphatic rings. The van der Waals surface area contributed by atoms with Crippen molar-refractivity contribution in [1.82, 2.24) is 0 Å². The molecule has 1 fully saturated rings. The maximum Gasteiger partial charge on any atom is 0.573 e. The van der Waals surface area contributed by atoms with Gasteiger partial charge >= 0.3 is 6.36 Å². The Bertz CT molecular complexity index is 409. The van der Waals surface area contributed by atoms with Crippen LogP contribution in [0.15, 0.2) is 24.3 Å². The molecule has 0 aliphatic heterocycles. The Morgan fingerprint density at radius 2 is 1.94 bits per heavy atom. The van der Waals surface area contributed by atoms with Gasteiger partial charge < -0.3 is 15.2 Å². The molecule has 1 aromatic rings. The van der Waals surface area contributed by atoms with Gasteiger partial charge in [0.25, 0.3) is 0 Å². The molecule has 1 aromatic carbocycles. The molecular formula is C12H14F3NO2. The number of nitrogens with one attached hydrogen (secondary N) is 1. The number of para-hydroxylation sites is 2. The van der Waals surface area contributed by atoms with E-state index in [1.54, 1.807) is 6.07 Å². The minimum atomic E-state index is -4.72. The average molecular weight is 261 g/mol. The minimum absolute atomic E-state index is 0.219. The molecule has 2 atom stereocenters. The lowest BCUT2D eigenvalue weighted by Crippen LogP contribution is -2.28. The van der Waals surface area contributed by atoms with Gasteiger partial charge in [0, 0.05) is 0 Å². The first kappa shape index (κ1) is 13.0. The molecule has 0 radical (unpaired) electrons. The third kappa shape index (κ3) is 3.29. The summed E-state index contributed by atoms with van der Waals surface area (Å²) < 4.78 is 40.6. The Morgan fingerprint density at radius 3 is 2.56 bits per heavy atom. The van der Waals surface area contributed by atoms with Gasteiger partial charge in [0.1, 0.15) is 0 Å². The van der Waals surface area contributed by atoms with Crippen LogP contribution < -0.4 is 10.1 Å². The zero-order valence-corrected chi connectivity index (χ0v) is 9.57. The summed E-state index contributed by atoms with van der Waals surface area (Å²) in [6, 6.07) is 5.62. The summed E-state index contributed by atoms with van der Waals surface area (Å²) >= 11 is 0. The maximum absolute atomic E-state index is 12.2. The number of hydrogen-bond acceptors (Lipinski definition) is 3. The summed E-state index contributed by atoms with van der Waals surface area (Å²) in [7, 11) is 0. The number of anilines is 1. The monoisotopic (exact) mass is 261 g/mol. The van der Waals surface area contributed by atoms with Crippen molar-refractivity contribution in [3.8, 4) is 5.75 Å². The normalized spacial score (nSPS) is 24.0. The molecule has 6 heteroatoms. The molecule has 3 nitrogen and oxygen atoms in total. The van der Waals surface area contributed by atoms with E-state index in [1.807, 2.05) is 0 Å². The highest BCUT2D eigenvalue weighted by molar-refractivity contribution is 5.57. The Balaban J connectivity index is 2.12. The number of ether oxygens (including phenoxy) is 1. The second-order valence-corrected chi connectivity index (χ2v) is 4.29. The van der Waals surface area contributed by atoms with Crippen LogP contribution in [0.1, 0.15) is 19.3 Å². The van der Waals surface area contributed by atoms with Gasteiger partial charge in [-0.05, 0) is 31.4 Å². The van der Waals surface area contributed by atoms with Crippen molar-refractivity contribution in [2.75, 3.05) is 5.32 Å². The molecule has 100 valence electrons. The first-order valence-corrected chi connectivity index (χ1v) is 5.75. The Labute approximate surface area is 103 Å². The quantitative estimate of drug-likeness (QED) is 0.879. The van der Waals surface area contributed by atoms with Crippen LogP contribution in [0.25, 0.3) is 0 Å². The molecule has 0 amide bonds. The molecule has 0 heterocycles. The van der Waals surface area contributed by atoms with E-state index in [4.69, 9.17) is 0 Å². The predicted molar refractivity (Wildman–Crippen MR) is 60.4 cm³/mol. The second kappa shape index (κ2) is 5.06. The van der Waals surface area contributed by atoms with Crippen LogP contribution in [0.3, 0.4) is 0 Å². The highest BCUT2D eigenvalue weighted by atomic mass is 19.4. The second-order valence-electron chi connectivity index (χ2n) is 4.29. The molecule has 1 aliphatic carbocycles. The topological polar surface area (TPSA) is 41.5 Å². The summed E-state index contributed by atoms with van der Waals surface area (Å²) in [5.41, 5.74) is 0.251. The minimum Gasteiger partial charge on any atom is -0.404 e. The van der Waals surface area contributed by atoms with Gasteiger partial charge in [0.2, 0.25) is 0 Å². The summed E-state index contributed by atoms with van der Waals surface area (Å²) in [6.07, 6.45) is -2.97. The number of aliphatic hydroxyl groups excluding tert-OH is 1. The lowest BCUT2D eigenvalue weighted by Gasteiger charge is -2.20. The molecule has 18 heavy (non-hydrogen) atoms. The third-order valence-corrected chi connectivity index (χ3v) is 2.93. The zero-order valence-electron chi connectivity index (χ0n) is 9.57. The van der Waals surface area contributed by atoms with Gasteiger partial charge in [-0.2, -0.15) is 0 Å². The predicted octanol–water partition coefficient (Wildman–Crippen LogP) is 2.91. The van der Waals surface area contributed by atoms with Crippen LogP contribution in [0.4, 0.5) is 18.9 Å². The molecule has 0 bridgehead atoms. The summed E-state index contributed by atoms with van der Waals surface area (Å²) in [6.45, 7) is 0. The lowest BCUT2D eigenvalue weighted by atomic mass is 10.2. The Hall–Kier alpha value is -1.43. The van der Waals surface area contributed by atoms with Crippen LogP contribution in [0, 0.1) is 0 Å². The summed E-state index contributed by atoms with van der Waals surface area (Å²) in [4.78, 5) is 0. The van der Waals surface area contributed by atoms with E-state index in [0.29, 0.717) is 6.42 Å². The number of rotatable bonds is 3. The van der Waals surface area contributed by atoms with E-state index in [1.165, 1.54) is 18.2 Å². The number of hydrogen-bond donors (Lipinski definition) is 2. The maximum atomic E-state index is 12.2. The fourth-order valence-electron chi connectivity index (χ4n) is 2.11. The van der Waals surface area contributed by atoms with Crippen molar-refractivity contribution in [3.05, 3.63) is 24.3 Å². The molecule has 2 unspecified atom stereocenters. The zero-order chi connectivity index (χ0) is 13.2. The van der Waals surface area contributed by atoms with E-state index >= 15 is 0 Å². The number of benzene rings is 1. The Kier molecular flexibility index (Phi) is 3.65. The van der Waals surface area contributed by atoms with Gasteiger partial charge in [-0.1, -0.05) is 12.1 Å². The molecule has 2 N–H and O–H groups in total. The summed E-state index contributed by atoms with van der Waals surface area (Å²) in [5, 5.41) is 12.6. The Morgan fingerprint density at radius 1 is 1.22 bits per heavy atom. The highest BCUT2D eigenvalue weighted by Crippen LogP contribution is 2.32. The fourth-order valence-corrected chi connectivity index (χ4v) is 2.11. The van der Waals surface area contributed by atoms with Gasteiger partial charge in [0.05, 0.1) is 17.8 Å². The smallest absolute Gasteiger partial charge is 0.404 e. The van der Waals surface area contributed by atoms with Crippen LogP contribution in [-0.2, 0) is 0 Å². The van der Waals surface area contributed by atoms with E-state index in [0.717, 1.165) is 12.8 Å². The molecule has 0 saturated heterocycles. The number of halogens is 3. The van der Waals surface area contributed by atoms with Gasteiger partial charge in [-0.15, -0.1) is 13.2 Å².